The molecule has 7 heteroatoms. The molecule has 0 saturated carbocycles. The van der Waals surface area contributed by atoms with E-state index in [1.165, 1.54) is 14.2 Å². The van der Waals surface area contributed by atoms with Gasteiger partial charge in [0.05, 0.1) is 43.7 Å². The van der Waals surface area contributed by atoms with Crippen LogP contribution in [0.2, 0.25) is 0 Å². The summed E-state index contributed by atoms with van der Waals surface area (Å²) in [5.74, 6) is 0.0102. The van der Waals surface area contributed by atoms with E-state index in [9.17, 15) is 9.59 Å². The summed E-state index contributed by atoms with van der Waals surface area (Å²) in [5.41, 5.74) is 0.479. The van der Waals surface area contributed by atoms with Crippen LogP contribution in [0.3, 0.4) is 0 Å². The van der Waals surface area contributed by atoms with Crippen molar-refractivity contribution in [3.63, 3.8) is 0 Å². The van der Waals surface area contributed by atoms with Gasteiger partial charge in [0.2, 0.25) is 17.3 Å². The Balaban J connectivity index is 2.96. The number of rotatable bonds is 9. The maximum absolute atomic E-state index is 13.5. The molecule has 0 heterocycles. The van der Waals surface area contributed by atoms with Crippen molar-refractivity contribution in [2.24, 2.45) is 0 Å². The second-order valence-corrected chi connectivity index (χ2v) is 7.79. The predicted octanol–water partition coefficient (Wildman–Crippen LogP) is 4.75. The fourth-order valence-electron chi connectivity index (χ4n) is 3.35. The molecule has 0 saturated heterocycles. The molecule has 1 aliphatic rings. The van der Waals surface area contributed by atoms with Crippen molar-refractivity contribution >= 4 is 11.6 Å². The van der Waals surface area contributed by atoms with Gasteiger partial charge < -0.3 is 23.7 Å². The number of hydrogen-bond acceptors (Lipinski definition) is 7. The quantitative estimate of drug-likeness (QED) is 0.570. The molecular formula is C23H32O7. The second-order valence-electron chi connectivity index (χ2n) is 7.79. The summed E-state index contributed by atoms with van der Waals surface area (Å²) in [6.07, 6.45) is -0.407. The molecule has 166 valence electrons. The zero-order valence-electron chi connectivity index (χ0n) is 19.3. The van der Waals surface area contributed by atoms with E-state index in [4.69, 9.17) is 23.7 Å². The highest BCUT2D eigenvalue weighted by atomic mass is 16.6. The van der Waals surface area contributed by atoms with Crippen LogP contribution < -0.4 is 18.9 Å². The van der Waals surface area contributed by atoms with Crippen LogP contribution in [0.25, 0.3) is 0 Å². The third kappa shape index (κ3) is 4.25. The first kappa shape index (κ1) is 23.6. The molecule has 0 aromatic heterocycles. The lowest BCUT2D eigenvalue weighted by Crippen LogP contribution is -2.27. The normalized spacial score (nSPS) is 13.9. The average Bonchev–Trinajstić information content (AvgIpc) is 2.65. The molecule has 30 heavy (non-hydrogen) atoms. The number of methoxy groups -OCH3 is 2. The molecule has 1 aromatic rings. The lowest BCUT2D eigenvalue weighted by atomic mass is 9.85. The molecule has 0 aliphatic heterocycles. The Morgan fingerprint density at radius 2 is 1.03 bits per heavy atom. The summed E-state index contributed by atoms with van der Waals surface area (Å²) >= 11 is 0. The van der Waals surface area contributed by atoms with Gasteiger partial charge in [-0.15, -0.1) is 0 Å². The molecule has 0 spiro atoms. The minimum Gasteiger partial charge on any atom is -0.492 e. The van der Waals surface area contributed by atoms with E-state index in [0.717, 1.165) is 0 Å². The van der Waals surface area contributed by atoms with Gasteiger partial charge in [-0.2, -0.15) is 0 Å². The molecule has 0 amide bonds. The number of Topliss-reactive ketones (excluding diaryl/α,β-unsaturated/α-hetero) is 2. The Bertz CT molecular complexity index is 863. The topological polar surface area (TPSA) is 80.3 Å². The predicted molar refractivity (Wildman–Crippen MR) is 113 cm³/mol. The molecule has 0 radical (unpaired) electrons. The van der Waals surface area contributed by atoms with Crippen LogP contribution in [-0.2, 0) is 4.74 Å². The minimum absolute atomic E-state index is 0.0402. The van der Waals surface area contributed by atoms with Gasteiger partial charge >= 0.3 is 0 Å². The SMILES string of the molecule is CCC1=C(OC(C)C)C(=O)c2c(OC)c(OC(C)C)c(OC(C)C)c(OC)c2C1=O. The van der Waals surface area contributed by atoms with E-state index < -0.39 is 5.78 Å². The summed E-state index contributed by atoms with van der Waals surface area (Å²) in [5, 5.41) is 0. The van der Waals surface area contributed by atoms with Gasteiger partial charge in [0.15, 0.2) is 23.0 Å². The molecule has 0 unspecified atom stereocenters. The zero-order chi connectivity index (χ0) is 22.7. The highest BCUT2D eigenvalue weighted by molar-refractivity contribution is 6.29. The van der Waals surface area contributed by atoms with Gasteiger partial charge in [0, 0.05) is 5.57 Å². The van der Waals surface area contributed by atoms with Gasteiger partial charge in [0.25, 0.3) is 0 Å². The summed E-state index contributed by atoms with van der Waals surface area (Å²) in [6, 6.07) is 0. The van der Waals surface area contributed by atoms with E-state index in [-0.39, 0.29) is 64.0 Å². The first-order chi connectivity index (χ1) is 14.1. The van der Waals surface area contributed by atoms with Crippen molar-refractivity contribution in [3.05, 3.63) is 22.5 Å². The van der Waals surface area contributed by atoms with Gasteiger partial charge in [-0.25, -0.2) is 0 Å². The van der Waals surface area contributed by atoms with E-state index in [0.29, 0.717) is 12.0 Å². The molecule has 0 fully saturated rings. The average molecular weight is 421 g/mol. The third-order valence-electron chi connectivity index (χ3n) is 4.35. The van der Waals surface area contributed by atoms with E-state index in [2.05, 4.69) is 0 Å². The number of ketones is 2. The van der Waals surface area contributed by atoms with Gasteiger partial charge in [0.1, 0.15) is 0 Å². The summed E-state index contributed by atoms with van der Waals surface area (Å²) < 4.78 is 28.9. The van der Waals surface area contributed by atoms with E-state index in [1.54, 1.807) is 20.8 Å². The molecule has 1 aliphatic carbocycles. The molecule has 7 nitrogen and oxygen atoms in total. The van der Waals surface area contributed by atoms with Crippen molar-refractivity contribution in [2.45, 2.75) is 73.2 Å². The number of allylic oxidation sites excluding steroid dienone is 2. The fourth-order valence-corrected chi connectivity index (χ4v) is 3.35. The molecule has 0 atom stereocenters. The second kappa shape index (κ2) is 9.41. The summed E-state index contributed by atoms with van der Waals surface area (Å²) in [4.78, 5) is 27.0. The molecule has 2 rings (SSSR count). The first-order valence-electron chi connectivity index (χ1n) is 10.2. The smallest absolute Gasteiger partial charge is 0.232 e. The van der Waals surface area contributed by atoms with Crippen molar-refractivity contribution < 1.29 is 33.3 Å². The van der Waals surface area contributed by atoms with Gasteiger partial charge in [-0.05, 0) is 48.0 Å². The Labute approximate surface area is 178 Å². The lowest BCUT2D eigenvalue weighted by molar-refractivity contribution is 0.0787. The molecule has 0 N–H and O–H groups in total. The standard InChI is InChI=1S/C23H32O7/c1-10-14-17(24)15-16(18(25)19(14)28-11(2)3)21(27-9)23(30-13(6)7)22(20(15)26-8)29-12(4)5/h11-13H,10H2,1-9H3. The Morgan fingerprint density at radius 3 is 1.37 bits per heavy atom. The summed E-state index contributed by atoms with van der Waals surface area (Å²) in [7, 11) is 2.86. The van der Waals surface area contributed by atoms with Crippen LogP contribution in [0.15, 0.2) is 11.3 Å². The Kier molecular flexibility index (Phi) is 7.39. The van der Waals surface area contributed by atoms with Crippen LogP contribution >= 0.6 is 0 Å². The molecule has 0 bridgehead atoms. The fraction of sp³-hybridized carbons (Fsp3) is 0.565. The highest BCUT2D eigenvalue weighted by Crippen LogP contribution is 2.53. The third-order valence-corrected chi connectivity index (χ3v) is 4.35. The van der Waals surface area contributed by atoms with Crippen LogP contribution in [-0.4, -0.2) is 44.1 Å². The first-order valence-corrected chi connectivity index (χ1v) is 10.2. The van der Waals surface area contributed by atoms with Crippen LogP contribution in [0, 0.1) is 0 Å². The molecular weight excluding hydrogens is 388 g/mol. The number of ether oxygens (including phenoxy) is 5. The van der Waals surface area contributed by atoms with E-state index >= 15 is 0 Å². The van der Waals surface area contributed by atoms with E-state index in [1.807, 2.05) is 27.7 Å². The van der Waals surface area contributed by atoms with Crippen LogP contribution in [0.1, 0.15) is 75.6 Å². The maximum Gasteiger partial charge on any atom is 0.232 e. The number of carbonyl (C=O) groups is 2. The van der Waals surface area contributed by atoms with Gasteiger partial charge in [-0.3, -0.25) is 9.59 Å². The zero-order valence-corrected chi connectivity index (χ0v) is 19.3. The van der Waals surface area contributed by atoms with Crippen molar-refractivity contribution in [1.82, 2.24) is 0 Å². The van der Waals surface area contributed by atoms with Crippen molar-refractivity contribution in [2.75, 3.05) is 14.2 Å². The van der Waals surface area contributed by atoms with Crippen LogP contribution in [0.5, 0.6) is 23.0 Å². The minimum atomic E-state index is -0.435. The molecule has 1 aromatic carbocycles. The van der Waals surface area contributed by atoms with Crippen molar-refractivity contribution in [1.29, 1.82) is 0 Å². The van der Waals surface area contributed by atoms with Crippen molar-refractivity contribution in [3.8, 4) is 23.0 Å². The number of hydrogen-bond donors (Lipinski definition) is 0. The Hall–Kier alpha value is -2.70. The number of fused-ring (bicyclic) bond motifs is 1. The van der Waals surface area contributed by atoms with Gasteiger partial charge in [-0.1, -0.05) is 6.92 Å². The number of benzene rings is 1. The highest BCUT2D eigenvalue weighted by Gasteiger charge is 2.42. The van der Waals surface area contributed by atoms with Crippen LogP contribution in [0.4, 0.5) is 0 Å². The number of carbonyl (C=O) groups excluding carboxylic acids is 2. The monoisotopic (exact) mass is 420 g/mol. The maximum atomic E-state index is 13.5. The lowest BCUT2D eigenvalue weighted by Gasteiger charge is -2.29. The summed E-state index contributed by atoms with van der Waals surface area (Å²) in [6.45, 7) is 12.8. The largest absolute Gasteiger partial charge is 0.492 e. The Morgan fingerprint density at radius 1 is 0.633 bits per heavy atom.